The van der Waals surface area contributed by atoms with Gasteiger partial charge in [0.1, 0.15) is 0 Å². The molecule has 14 aromatic carbocycles. The Morgan fingerprint density at radius 1 is 0.211 bits per heavy atom. The van der Waals surface area contributed by atoms with Crippen LogP contribution in [0.1, 0.15) is 49.9 Å². The number of fused-ring (bicyclic) bond motifs is 6. The molecule has 16 rings (SSSR count). The largest absolute Gasteiger partial charge is 0.310 e. The highest BCUT2D eigenvalue weighted by Crippen LogP contribution is 2.56. The monoisotopic (exact) mass is 1150 g/mol. The lowest BCUT2D eigenvalue weighted by Gasteiger charge is -2.43. The van der Waals surface area contributed by atoms with E-state index < -0.39 is 0 Å². The number of hydrogen-bond donors (Lipinski definition) is 0. The molecule has 14 aromatic rings. The molecular formula is C86H66N4. The van der Waals surface area contributed by atoms with Crippen molar-refractivity contribution in [1.29, 1.82) is 0 Å². The third kappa shape index (κ3) is 9.39. The van der Waals surface area contributed by atoms with Crippen LogP contribution in [0.2, 0.25) is 0 Å². The first-order valence-electron chi connectivity index (χ1n) is 31.3. The van der Waals surface area contributed by atoms with Crippen LogP contribution in [0, 0.1) is 0 Å². The van der Waals surface area contributed by atoms with Gasteiger partial charge in [-0.05, 0) is 211 Å². The second-order valence-corrected chi connectivity index (χ2v) is 25.0. The van der Waals surface area contributed by atoms with Gasteiger partial charge < -0.3 is 19.6 Å². The lowest BCUT2D eigenvalue weighted by Crippen LogP contribution is -2.31. The van der Waals surface area contributed by atoms with Gasteiger partial charge in [-0.15, -0.1) is 0 Å². The molecule has 0 radical (unpaired) electrons. The van der Waals surface area contributed by atoms with Crippen molar-refractivity contribution in [1.82, 2.24) is 0 Å². The van der Waals surface area contributed by atoms with Crippen LogP contribution in [0.15, 0.2) is 328 Å². The van der Waals surface area contributed by atoms with Crippen molar-refractivity contribution in [2.45, 2.75) is 38.5 Å². The summed E-state index contributed by atoms with van der Waals surface area (Å²) >= 11 is 0. The molecule has 430 valence electrons. The van der Waals surface area contributed by atoms with Gasteiger partial charge in [0.2, 0.25) is 0 Å². The van der Waals surface area contributed by atoms with Crippen LogP contribution in [-0.4, -0.2) is 0 Å². The number of rotatable bonds is 11. The topological polar surface area (TPSA) is 13.0 Å². The number of anilines is 12. The van der Waals surface area contributed by atoms with Crippen molar-refractivity contribution in [3.05, 3.63) is 350 Å². The van der Waals surface area contributed by atoms with E-state index >= 15 is 0 Å². The average Bonchev–Trinajstić information content (AvgIpc) is 1.04. The van der Waals surface area contributed by atoms with Crippen LogP contribution < -0.4 is 19.6 Å². The minimum absolute atomic E-state index is 0.342. The van der Waals surface area contributed by atoms with E-state index in [1.54, 1.807) is 0 Å². The van der Waals surface area contributed by atoms with E-state index in [1.807, 2.05) is 0 Å². The Labute approximate surface area is 528 Å². The van der Waals surface area contributed by atoms with Crippen LogP contribution >= 0.6 is 0 Å². The summed E-state index contributed by atoms with van der Waals surface area (Å²) in [5.41, 5.74) is 25.1. The molecule has 0 saturated heterocycles. The normalized spacial score (nSPS) is 13.5. The smallest absolute Gasteiger partial charge is 0.0504 e. The summed E-state index contributed by atoms with van der Waals surface area (Å²) in [5, 5.41) is 4.81. The van der Waals surface area contributed by atoms with Crippen molar-refractivity contribution in [2.24, 2.45) is 0 Å². The molecule has 0 atom stereocenters. The standard InChI is InChI=1S/C86H66N4/c1-85(2)77-55-67(59-21-9-5-10-22-59)39-49-81(77)89(69-29-13-7-14-30-69)83-51-47-75(57-79(83)85)87(73-45-37-61-25-17-19-27-65(61)53-73)71-41-33-63(34-42-71)64-35-43-72(44-36-64)88(74-46-38-62-26-18-20-28-66(62)54-74)76-48-52-84-80(58-76)86(3,4)78-56-68(60-23-11-6-12-24-60)40-50-82(78)90(84)70-31-15-8-16-32-70/h5-58H,1-4H3. The van der Waals surface area contributed by atoms with E-state index in [-0.39, 0.29) is 10.8 Å². The molecule has 0 aliphatic carbocycles. The summed E-state index contributed by atoms with van der Waals surface area (Å²) < 4.78 is 0. The number of benzene rings is 14. The SMILES string of the molecule is CC1(C)c2cc(-c3ccccc3)ccc2N(c2ccccc2)c2ccc(N(c3ccc(-c4ccc(N(c5ccc6c(c5)C(C)(C)c5cc(-c7ccccc7)ccc5N6c5ccccc5)c5ccc6ccccc6c5)cc4)cc3)c3ccc4ccccc4c3)cc21. The van der Waals surface area contributed by atoms with E-state index in [4.69, 9.17) is 0 Å². The Bertz CT molecular complexity index is 4680. The van der Waals surface area contributed by atoms with Crippen LogP contribution in [0.5, 0.6) is 0 Å². The van der Waals surface area contributed by atoms with Gasteiger partial charge in [0.15, 0.2) is 0 Å². The Balaban J connectivity index is 0.783. The van der Waals surface area contributed by atoms with E-state index in [0.717, 1.165) is 56.6 Å². The quantitative estimate of drug-likeness (QED) is 0.128. The molecule has 2 heterocycles. The molecule has 0 fully saturated rings. The van der Waals surface area contributed by atoms with Gasteiger partial charge in [-0.1, -0.05) is 222 Å². The molecule has 4 nitrogen and oxygen atoms in total. The molecule has 0 aromatic heterocycles. The van der Waals surface area contributed by atoms with E-state index in [2.05, 4.69) is 375 Å². The summed E-state index contributed by atoms with van der Waals surface area (Å²) in [6, 6.07) is 121. The predicted octanol–water partition coefficient (Wildman–Crippen LogP) is 24.2. The van der Waals surface area contributed by atoms with Crippen LogP contribution in [0.25, 0.3) is 54.9 Å². The highest BCUT2D eigenvalue weighted by atomic mass is 15.2. The summed E-state index contributed by atoms with van der Waals surface area (Å²) in [4.78, 5) is 9.76. The Morgan fingerprint density at radius 2 is 0.478 bits per heavy atom. The van der Waals surface area contributed by atoms with Crippen molar-refractivity contribution in [2.75, 3.05) is 19.6 Å². The Hall–Kier alpha value is -11.2. The molecule has 0 spiro atoms. The second kappa shape index (κ2) is 21.9. The molecule has 0 N–H and O–H groups in total. The van der Waals surface area contributed by atoms with E-state index in [0.29, 0.717) is 0 Å². The van der Waals surface area contributed by atoms with Gasteiger partial charge in [0, 0.05) is 56.3 Å². The molecule has 2 aliphatic rings. The predicted molar refractivity (Wildman–Crippen MR) is 381 cm³/mol. The number of para-hydroxylation sites is 2. The zero-order valence-electron chi connectivity index (χ0n) is 51.0. The molecule has 4 heteroatoms. The number of hydrogen-bond acceptors (Lipinski definition) is 4. The first-order valence-corrected chi connectivity index (χ1v) is 31.3. The van der Waals surface area contributed by atoms with Crippen LogP contribution in [0.4, 0.5) is 68.2 Å². The maximum Gasteiger partial charge on any atom is 0.0504 e. The highest BCUT2D eigenvalue weighted by Gasteiger charge is 2.40. The van der Waals surface area contributed by atoms with Crippen molar-refractivity contribution < 1.29 is 0 Å². The molecule has 0 saturated carbocycles. The number of nitrogens with zero attached hydrogens (tertiary/aromatic N) is 4. The van der Waals surface area contributed by atoms with Crippen LogP contribution in [0.3, 0.4) is 0 Å². The fourth-order valence-corrected chi connectivity index (χ4v) is 14.2. The minimum atomic E-state index is -0.342. The summed E-state index contributed by atoms with van der Waals surface area (Å²) in [6.07, 6.45) is 0. The third-order valence-electron chi connectivity index (χ3n) is 18.9. The first-order chi connectivity index (χ1) is 44.1. The lowest BCUT2D eigenvalue weighted by atomic mass is 9.72. The van der Waals surface area contributed by atoms with E-state index in [1.165, 1.54) is 88.8 Å². The molecule has 0 amide bonds. The van der Waals surface area contributed by atoms with Crippen LogP contribution in [-0.2, 0) is 10.8 Å². The lowest BCUT2D eigenvalue weighted by molar-refractivity contribution is 0.632. The zero-order chi connectivity index (χ0) is 60.5. The average molecular weight is 1160 g/mol. The second-order valence-electron chi connectivity index (χ2n) is 25.0. The molecular weight excluding hydrogens is 1090 g/mol. The van der Waals surface area contributed by atoms with Crippen molar-refractivity contribution in [3.63, 3.8) is 0 Å². The highest BCUT2D eigenvalue weighted by molar-refractivity contribution is 5.95. The first kappa shape index (κ1) is 54.2. The molecule has 2 aliphatic heterocycles. The molecule has 0 bridgehead atoms. The molecule has 90 heavy (non-hydrogen) atoms. The maximum atomic E-state index is 2.45. The summed E-state index contributed by atoms with van der Waals surface area (Å²) in [5.74, 6) is 0. The van der Waals surface area contributed by atoms with Gasteiger partial charge >= 0.3 is 0 Å². The van der Waals surface area contributed by atoms with Crippen molar-refractivity contribution >= 4 is 89.8 Å². The third-order valence-corrected chi connectivity index (χ3v) is 18.9. The van der Waals surface area contributed by atoms with Crippen molar-refractivity contribution in [3.8, 4) is 33.4 Å². The van der Waals surface area contributed by atoms with Gasteiger partial charge in [-0.2, -0.15) is 0 Å². The molecule has 0 unspecified atom stereocenters. The van der Waals surface area contributed by atoms with Gasteiger partial charge in [-0.3, -0.25) is 0 Å². The van der Waals surface area contributed by atoms with Gasteiger partial charge in [0.25, 0.3) is 0 Å². The summed E-state index contributed by atoms with van der Waals surface area (Å²) in [6.45, 7) is 9.56. The minimum Gasteiger partial charge on any atom is -0.310 e. The zero-order valence-corrected chi connectivity index (χ0v) is 51.0. The van der Waals surface area contributed by atoms with Gasteiger partial charge in [-0.25, -0.2) is 0 Å². The van der Waals surface area contributed by atoms with Gasteiger partial charge in [0.05, 0.1) is 22.7 Å². The Kier molecular flexibility index (Phi) is 13.2. The fourth-order valence-electron chi connectivity index (χ4n) is 14.2. The maximum absolute atomic E-state index is 2.45. The van der Waals surface area contributed by atoms with E-state index in [9.17, 15) is 0 Å². The Morgan fingerprint density at radius 3 is 0.856 bits per heavy atom. The summed E-state index contributed by atoms with van der Waals surface area (Å²) in [7, 11) is 0. The fraction of sp³-hybridized carbons (Fsp3) is 0.0698.